The number of aliphatic hydroxyl groups is 1. The summed E-state index contributed by atoms with van der Waals surface area (Å²) in [5, 5.41) is 18.9. The lowest BCUT2D eigenvalue weighted by Crippen LogP contribution is -2.42. The SMILES string of the molecule is Cn1nc(-c2ccc(C(=O)NC3CCC(C(C)(C)O)CC3)nc2)c2ccccc21. The van der Waals surface area contributed by atoms with E-state index in [2.05, 4.69) is 15.4 Å². The zero-order valence-corrected chi connectivity index (χ0v) is 17.2. The summed E-state index contributed by atoms with van der Waals surface area (Å²) >= 11 is 0. The van der Waals surface area contributed by atoms with E-state index in [0.717, 1.165) is 47.8 Å². The molecule has 152 valence electrons. The molecule has 1 amide bonds. The minimum atomic E-state index is -0.651. The maximum absolute atomic E-state index is 12.6. The number of carbonyl (C=O) groups excluding carboxylic acids is 1. The molecule has 1 aromatic carbocycles. The van der Waals surface area contributed by atoms with Crippen LogP contribution in [-0.2, 0) is 7.05 Å². The number of aromatic nitrogens is 3. The van der Waals surface area contributed by atoms with Crippen LogP contribution in [0.2, 0.25) is 0 Å². The summed E-state index contributed by atoms with van der Waals surface area (Å²) in [5.41, 5.74) is 2.59. The van der Waals surface area contributed by atoms with Crippen molar-refractivity contribution < 1.29 is 9.90 Å². The number of nitrogens with zero attached hydrogens (tertiary/aromatic N) is 3. The fourth-order valence-electron chi connectivity index (χ4n) is 4.30. The Bertz CT molecular complexity index is 1010. The summed E-state index contributed by atoms with van der Waals surface area (Å²) in [5.74, 6) is 0.149. The van der Waals surface area contributed by atoms with Gasteiger partial charge in [0.05, 0.1) is 11.1 Å². The third-order valence-electron chi connectivity index (χ3n) is 6.09. The first kappa shape index (κ1) is 19.6. The van der Waals surface area contributed by atoms with Gasteiger partial charge in [-0.3, -0.25) is 14.5 Å². The summed E-state index contributed by atoms with van der Waals surface area (Å²) in [4.78, 5) is 17.0. The van der Waals surface area contributed by atoms with E-state index in [1.807, 2.05) is 55.9 Å². The molecule has 0 spiro atoms. The van der Waals surface area contributed by atoms with Gasteiger partial charge in [0.15, 0.2) is 0 Å². The van der Waals surface area contributed by atoms with Crippen molar-refractivity contribution in [1.29, 1.82) is 0 Å². The molecule has 2 aromatic heterocycles. The maximum Gasteiger partial charge on any atom is 0.270 e. The number of nitrogens with one attached hydrogen (secondary N) is 1. The van der Waals surface area contributed by atoms with E-state index in [1.165, 1.54) is 0 Å². The zero-order valence-electron chi connectivity index (χ0n) is 17.2. The van der Waals surface area contributed by atoms with Gasteiger partial charge in [-0.2, -0.15) is 5.10 Å². The largest absolute Gasteiger partial charge is 0.390 e. The van der Waals surface area contributed by atoms with Crippen LogP contribution in [0.5, 0.6) is 0 Å². The summed E-state index contributed by atoms with van der Waals surface area (Å²) in [6, 6.07) is 11.9. The number of hydrogen-bond donors (Lipinski definition) is 2. The zero-order chi connectivity index (χ0) is 20.6. The average molecular weight is 393 g/mol. The Kier molecular flexibility index (Phi) is 5.13. The lowest BCUT2D eigenvalue weighted by Gasteiger charge is -2.36. The third-order valence-corrected chi connectivity index (χ3v) is 6.09. The van der Waals surface area contributed by atoms with Crippen molar-refractivity contribution in [3.05, 3.63) is 48.3 Å². The second kappa shape index (κ2) is 7.59. The van der Waals surface area contributed by atoms with Gasteiger partial charge in [-0.25, -0.2) is 0 Å². The molecule has 1 aliphatic rings. The van der Waals surface area contributed by atoms with Crippen LogP contribution < -0.4 is 5.32 Å². The van der Waals surface area contributed by atoms with Crippen LogP contribution in [0.4, 0.5) is 0 Å². The van der Waals surface area contributed by atoms with Crippen molar-refractivity contribution in [2.45, 2.75) is 51.2 Å². The van der Waals surface area contributed by atoms with Crippen molar-refractivity contribution >= 4 is 16.8 Å². The van der Waals surface area contributed by atoms with Crippen LogP contribution in [0.3, 0.4) is 0 Å². The first-order chi connectivity index (χ1) is 13.8. The van der Waals surface area contributed by atoms with Gasteiger partial charge in [-0.05, 0) is 63.6 Å². The molecule has 6 nitrogen and oxygen atoms in total. The summed E-state index contributed by atoms with van der Waals surface area (Å²) in [6.07, 6.45) is 5.34. The molecule has 1 aliphatic carbocycles. The number of hydrogen-bond acceptors (Lipinski definition) is 4. The van der Waals surface area contributed by atoms with E-state index >= 15 is 0 Å². The number of benzene rings is 1. The van der Waals surface area contributed by atoms with E-state index in [0.29, 0.717) is 11.6 Å². The van der Waals surface area contributed by atoms with Gasteiger partial charge in [-0.1, -0.05) is 18.2 Å². The smallest absolute Gasteiger partial charge is 0.270 e. The highest BCUT2D eigenvalue weighted by Gasteiger charge is 2.31. The van der Waals surface area contributed by atoms with Crippen molar-refractivity contribution in [2.24, 2.45) is 13.0 Å². The monoisotopic (exact) mass is 392 g/mol. The molecule has 2 heterocycles. The highest BCUT2D eigenvalue weighted by Crippen LogP contribution is 2.32. The van der Waals surface area contributed by atoms with Crippen molar-refractivity contribution in [3.8, 4) is 11.3 Å². The lowest BCUT2D eigenvalue weighted by molar-refractivity contribution is -0.00258. The van der Waals surface area contributed by atoms with Crippen LogP contribution in [-0.4, -0.2) is 37.4 Å². The highest BCUT2D eigenvalue weighted by atomic mass is 16.3. The van der Waals surface area contributed by atoms with E-state index < -0.39 is 5.60 Å². The number of aryl methyl sites for hydroxylation is 1. The fourth-order valence-corrected chi connectivity index (χ4v) is 4.30. The number of rotatable bonds is 4. The second-order valence-corrected chi connectivity index (χ2v) is 8.60. The molecule has 1 fully saturated rings. The number of amides is 1. The molecule has 2 N–H and O–H groups in total. The molecule has 0 atom stereocenters. The number of carbonyl (C=O) groups is 1. The van der Waals surface area contributed by atoms with Crippen LogP contribution >= 0.6 is 0 Å². The first-order valence-electron chi connectivity index (χ1n) is 10.2. The number of pyridine rings is 1. The van der Waals surface area contributed by atoms with Gasteiger partial charge in [0, 0.05) is 30.2 Å². The fraction of sp³-hybridized carbons (Fsp3) is 0.435. The number of fused-ring (bicyclic) bond motifs is 1. The predicted octanol–water partition coefficient (Wildman–Crippen LogP) is 3.69. The topological polar surface area (TPSA) is 80.0 Å². The molecule has 1 saturated carbocycles. The Hall–Kier alpha value is -2.73. The molecule has 0 aliphatic heterocycles. The molecule has 4 rings (SSSR count). The van der Waals surface area contributed by atoms with Crippen molar-refractivity contribution in [2.75, 3.05) is 0 Å². The van der Waals surface area contributed by atoms with Crippen LogP contribution in [0, 0.1) is 5.92 Å². The van der Waals surface area contributed by atoms with Gasteiger partial charge in [0.1, 0.15) is 11.4 Å². The Morgan fingerprint density at radius 1 is 1.14 bits per heavy atom. The van der Waals surface area contributed by atoms with Crippen molar-refractivity contribution in [1.82, 2.24) is 20.1 Å². The Balaban J connectivity index is 1.44. The van der Waals surface area contributed by atoms with Gasteiger partial charge in [-0.15, -0.1) is 0 Å². The maximum atomic E-state index is 12.6. The van der Waals surface area contributed by atoms with E-state index in [9.17, 15) is 9.90 Å². The average Bonchev–Trinajstić information content (AvgIpc) is 3.05. The van der Waals surface area contributed by atoms with Gasteiger partial charge in [0.2, 0.25) is 0 Å². The Morgan fingerprint density at radius 2 is 1.86 bits per heavy atom. The lowest BCUT2D eigenvalue weighted by atomic mass is 9.77. The van der Waals surface area contributed by atoms with Crippen LogP contribution in [0.15, 0.2) is 42.6 Å². The quantitative estimate of drug-likeness (QED) is 0.710. The van der Waals surface area contributed by atoms with Gasteiger partial charge in [0.25, 0.3) is 5.91 Å². The van der Waals surface area contributed by atoms with E-state index in [4.69, 9.17) is 0 Å². The minimum Gasteiger partial charge on any atom is -0.390 e. The van der Waals surface area contributed by atoms with Crippen LogP contribution in [0.1, 0.15) is 50.0 Å². The Morgan fingerprint density at radius 3 is 2.52 bits per heavy atom. The van der Waals surface area contributed by atoms with E-state index in [1.54, 1.807) is 12.3 Å². The molecular weight excluding hydrogens is 364 g/mol. The second-order valence-electron chi connectivity index (χ2n) is 8.60. The molecular formula is C23H28N4O2. The normalized spacial score (nSPS) is 20.0. The molecule has 0 unspecified atom stereocenters. The third kappa shape index (κ3) is 4.03. The minimum absolute atomic E-state index is 0.141. The van der Waals surface area contributed by atoms with Crippen molar-refractivity contribution in [3.63, 3.8) is 0 Å². The molecule has 29 heavy (non-hydrogen) atoms. The van der Waals surface area contributed by atoms with Crippen LogP contribution in [0.25, 0.3) is 22.2 Å². The molecule has 6 heteroatoms. The van der Waals surface area contributed by atoms with Gasteiger partial charge >= 0.3 is 0 Å². The number of para-hydroxylation sites is 1. The Labute approximate surface area is 171 Å². The van der Waals surface area contributed by atoms with E-state index in [-0.39, 0.29) is 11.9 Å². The molecule has 0 saturated heterocycles. The summed E-state index contributed by atoms with van der Waals surface area (Å²) < 4.78 is 1.86. The first-order valence-corrected chi connectivity index (χ1v) is 10.2. The molecule has 3 aromatic rings. The summed E-state index contributed by atoms with van der Waals surface area (Å²) in [7, 11) is 1.92. The summed E-state index contributed by atoms with van der Waals surface area (Å²) in [6.45, 7) is 3.74. The standard InChI is InChI=1S/C23H28N4O2/c1-23(2,29)16-9-11-17(12-10-16)25-22(28)19-13-8-15(14-24-19)21-18-6-4-5-7-20(18)27(3)26-21/h4-8,13-14,16-17,29H,9-12H2,1-3H3,(H,25,28). The van der Waals surface area contributed by atoms with Gasteiger partial charge < -0.3 is 10.4 Å². The molecule has 0 bridgehead atoms. The molecule has 0 radical (unpaired) electrons. The highest BCUT2D eigenvalue weighted by molar-refractivity contribution is 5.95. The predicted molar refractivity (Wildman–Crippen MR) is 113 cm³/mol.